The second-order valence-electron chi connectivity index (χ2n) is 4.81. The van der Waals surface area contributed by atoms with E-state index < -0.39 is 29.8 Å². The van der Waals surface area contributed by atoms with E-state index in [0.29, 0.717) is 12.2 Å². The van der Waals surface area contributed by atoms with Gasteiger partial charge in [-0.25, -0.2) is 0 Å². The van der Waals surface area contributed by atoms with E-state index in [1.165, 1.54) is 0 Å². The third-order valence-corrected chi connectivity index (χ3v) is 3.24. The molecule has 2 aromatic rings. The molecule has 0 saturated heterocycles. The fraction of sp³-hybridized carbons (Fsp3) is 0.308. The number of nitrogens with one attached hydrogen (secondary N) is 2. The van der Waals surface area contributed by atoms with Crippen molar-refractivity contribution in [2.24, 2.45) is 5.92 Å². The van der Waals surface area contributed by atoms with Crippen LogP contribution in [0.15, 0.2) is 24.3 Å². The molecule has 2 N–H and O–H groups in total. The van der Waals surface area contributed by atoms with Gasteiger partial charge in [-0.1, -0.05) is 18.2 Å². The van der Waals surface area contributed by atoms with Crippen molar-refractivity contribution in [3.8, 4) is 5.75 Å². The number of H-pyrrole nitrogens is 1. The van der Waals surface area contributed by atoms with Crippen molar-refractivity contribution >= 4 is 11.9 Å². The minimum absolute atomic E-state index is 0.152. The number of halogens is 3. The topological polar surface area (TPSA) is 79.9 Å². The number of alkyl halides is 3. The van der Waals surface area contributed by atoms with Gasteiger partial charge in [0.2, 0.25) is 17.7 Å². The summed E-state index contributed by atoms with van der Waals surface area (Å²) in [5, 5.41) is 7.33. The fourth-order valence-corrected chi connectivity index (χ4v) is 2.15. The molecule has 0 aliphatic carbocycles. The van der Waals surface area contributed by atoms with Gasteiger partial charge in [0.1, 0.15) is 12.4 Å². The summed E-state index contributed by atoms with van der Waals surface area (Å²) in [4.78, 5) is 15.3. The Kier molecular flexibility index (Phi) is 3.47. The molecular weight excluding hydrogens is 301 g/mol. The SMILES string of the molecule is O=C(Nc1n[nH]c(C(F)(F)F)n1)[C@H]1COc2ccccc2C1. The van der Waals surface area contributed by atoms with E-state index in [9.17, 15) is 18.0 Å². The maximum Gasteiger partial charge on any atom is 0.451 e. The first kappa shape index (κ1) is 14.4. The highest BCUT2D eigenvalue weighted by Crippen LogP contribution is 2.28. The van der Waals surface area contributed by atoms with Gasteiger partial charge in [-0.2, -0.15) is 18.2 Å². The summed E-state index contributed by atoms with van der Waals surface area (Å²) in [5.74, 6) is -1.95. The van der Waals surface area contributed by atoms with Crippen molar-refractivity contribution in [3.05, 3.63) is 35.7 Å². The molecule has 1 aromatic carbocycles. The van der Waals surface area contributed by atoms with Gasteiger partial charge in [0.15, 0.2) is 0 Å². The number of para-hydroxylation sites is 1. The van der Waals surface area contributed by atoms with Gasteiger partial charge in [0.05, 0.1) is 5.92 Å². The number of hydrogen-bond donors (Lipinski definition) is 2. The predicted molar refractivity (Wildman–Crippen MR) is 69.1 cm³/mol. The number of benzene rings is 1. The monoisotopic (exact) mass is 312 g/mol. The zero-order valence-electron chi connectivity index (χ0n) is 11.1. The molecule has 9 heteroatoms. The number of ether oxygens (including phenoxy) is 1. The Morgan fingerprint density at radius 1 is 1.36 bits per heavy atom. The van der Waals surface area contributed by atoms with Gasteiger partial charge in [0, 0.05) is 0 Å². The second kappa shape index (κ2) is 5.32. The summed E-state index contributed by atoms with van der Waals surface area (Å²) >= 11 is 0. The molecule has 0 bridgehead atoms. The average molecular weight is 312 g/mol. The van der Waals surface area contributed by atoms with E-state index in [4.69, 9.17) is 4.74 Å². The van der Waals surface area contributed by atoms with E-state index in [0.717, 1.165) is 5.56 Å². The van der Waals surface area contributed by atoms with E-state index >= 15 is 0 Å². The Morgan fingerprint density at radius 2 is 2.14 bits per heavy atom. The maximum absolute atomic E-state index is 12.4. The number of rotatable bonds is 2. The highest BCUT2D eigenvalue weighted by Gasteiger charge is 2.35. The second-order valence-corrected chi connectivity index (χ2v) is 4.81. The lowest BCUT2D eigenvalue weighted by Crippen LogP contribution is -2.32. The molecule has 116 valence electrons. The summed E-state index contributed by atoms with van der Waals surface area (Å²) in [6, 6.07) is 7.29. The molecule has 22 heavy (non-hydrogen) atoms. The number of carbonyl (C=O) groups is 1. The van der Waals surface area contributed by atoms with Crippen LogP contribution in [-0.2, 0) is 17.4 Å². The average Bonchev–Trinajstić information content (AvgIpc) is 2.95. The fourth-order valence-electron chi connectivity index (χ4n) is 2.15. The number of nitrogens with zero attached hydrogens (tertiary/aromatic N) is 2. The standard InChI is InChI=1S/C13H11F3N4O2/c14-13(15,16)11-18-12(20-19-11)17-10(21)8-5-7-3-1-2-4-9(7)22-6-8/h1-4,8H,5-6H2,(H2,17,18,19,20,21)/t8-/m1/s1. The molecule has 1 amide bonds. The molecular formula is C13H11F3N4O2. The van der Waals surface area contributed by atoms with Crippen LogP contribution in [0.1, 0.15) is 11.4 Å². The molecule has 0 unspecified atom stereocenters. The molecule has 1 atom stereocenters. The summed E-state index contributed by atoms with van der Waals surface area (Å²) in [6.45, 7) is 0.152. The van der Waals surface area contributed by atoms with Crippen LogP contribution < -0.4 is 10.1 Å². The number of aromatic amines is 1. The third-order valence-electron chi connectivity index (χ3n) is 3.24. The van der Waals surface area contributed by atoms with Crippen LogP contribution in [0.4, 0.5) is 19.1 Å². The number of hydrogen-bond acceptors (Lipinski definition) is 4. The summed E-state index contributed by atoms with van der Waals surface area (Å²) < 4.78 is 42.6. The van der Waals surface area contributed by atoms with Gasteiger partial charge < -0.3 is 4.74 Å². The van der Waals surface area contributed by atoms with Crippen molar-refractivity contribution in [2.75, 3.05) is 11.9 Å². The molecule has 3 rings (SSSR count). The first-order valence-corrected chi connectivity index (χ1v) is 6.44. The van der Waals surface area contributed by atoms with Crippen LogP contribution in [0.2, 0.25) is 0 Å². The number of fused-ring (bicyclic) bond motifs is 1. The maximum atomic E-state index is 12.4. The summed E-state index contributed by atoms with van der Waals surface area (Å²) in [6.07, 6.45) is -4.19. The van der Waals surface area contributed by atoms with Crippen molar-refractivity contribution in [1.29, 1.82) is 0 Å². The van der Waals surface area contributed by atoms with Crippen molar-refractivity contribution in [1.82, 2.24) is 15.2 Å². The van der Waals surface area contributed by atoms with E-state index in [1.54, 1.807) is 11.2 Å². The highest BCUT2D eigenvalue weighted by molar-refractivity contribution is 5.91. The van der Waals surface area contributed by atoms with Crippen molar-refractivity contribution < 1.29 is 22.7 Å². The molecule has 0 spiro atoms. The summed E-state index contributed by atoms with van der Waals surface area (Å²) in [5.41, 5.74) is 0.875. The Balaban J connectivity index is 1.67. The van der Waals surface area contributed by atoms with Gasteiger partial charge in [-0.3, -0.25) is 15.2 Å². The normalized spacial score (nSPS) is 17.5. The molecule has 0 saturated carbocycles. The number of aromatic nitrogens is 3. The lowest BCUT2D eigenvalue weighted by molar-refractivity contribution is -0.144. The Bertz CT molecular complexity index is 699. The quantitative estimate of drug-likeness (QED) is 0.889. The number of amides is 1. The predicted octanol–water partition coefficient (Wildman–Crippen LogP) is 2.01. The smallest absolute Gasteiger partial charge is 0.451 e. The molecule has 0 radical (unpaired) electrons. The first-order chi connectivity index (χ1) is 10.4. The third kappa shape index (κ3) is 2.87. The minimum atomic E-state index is -4.64. The van der Waals surface area contributed by atoms with Crippen molar-refractivity contribution in [2.45, 2.75) is 12.6 Å². The molecule has 1 aliphatic rings. The Labute approximate surface area is 122 Å². The zero-order chi connectivity index (χ0) is 15.7. The molecule has 0 fully saturated rings. The van der Waals surface area contributed by atoms with Gasteiger partial charge in [0.25, 0.3) is 0 Å². The van der Waals surface area contributed by atoms with Crippen LogP contribution in [0, 0.1) is 5.92 Å². The Hall–Kier alpha value is -2.58. The van der Waals surface area contributed by atoms with E-state index in [-0.39, 0.29) is 6.61 Å². The van der Waals surface area contributed by atoms with Gasteiger partial charge >= 0.3 is 6.18 Å². The van der Waals surface area contributed by atoms with E-state index in [2.05, 4.69) is 15.4 Å². The van der Waals surface area contributed by atoms with Crippen LogP contribution >= 0.6 is 0 Å². The van der Waals surface area contributed by atoms with Crippen LogP contribution in [0.25, 0.3) is 0 Å². The first-order valence-electron chi connectivity index (χ1n) is 6.44. The largest absolute Gasteiger partial charge is 0.492 e. The van der Waals surface area contributed by atoms with Gasteiger partial charge in [-0.05, 0) is 18.1 Å². The Morgan fingerprint density at radius 3 is 2.86 bits per heavy atom. The van der Waals surface area contributed by atoms with Crippen LogP contribution in [-0.4, -0.2) is 27.7 Å². The molecule has 2 heterocycles. The molecule has 1 aliphatic heterocycles. The van der Waals surface area contributed by atoms with Crippen LogP contribution in [0.3, 0.4) is 0 Å². The van der Waals surface area contributed by atoms with Gasteiger partial charge in [-0.15, -0.1) is 5.10 Å². The van der Waals surface area contributed by atoms with Crippen molar-refractivity contribution in [3.63, 3.8) is 0 Å². The zero-order valence-corrected chi connectivity index (χ0v) is 11.1. The van der Waals surface area contributed by atoms with E-state index in [1.807, 2.05) is 18.2 Å². The van der Waals surface area contributed by atoms with Crippen LogP contribution in [0.5, 0.6) is 5.75 Å². The number of anilines is 1. The number of carbonyl (C=O) groups excluding carboxylic acids is 1. The summed E-state index contributed by atoms with van der Waals surface area (Å²) in [7, 11) is 0. The highest BCUT2D eigenvalue weighted by atomic mass is 19.4. The minimum Gasteiger partial charge on any atom is -0.492 e. The lowest BCUT2D eigenvalue weighted by Gasteiger charge is -2.23. The molecule has 6 nitrogen and oxygen atoms in total. The lowest BCUT2D eigenvalue weighted by atomic mass is 9.96. The molecule has 1 aromatic heterocycles.